The molecule has 1 aromatic heterocycles. The predicted octanol–water partition coefficient (Wildman–Crippen LogP) is 2.15. The van der Waals surface area contributed by atoms with E-state index in [0.717, 1.165) is 18.4 Å². The molecule has 1 aromatic carbocycles. The Morgan fingerprint density at radius 2 is 2.14 bits per heavy atom. The summed E-state index contributed by atoms with van der Waals surface area (Å²) in [5.74, 6) is 0.631. The van der Waals surface area contributed by atoms with Gasteiger partial charge in [-0.3, -0.25) is 9.82 Å². The standard InChI is InChI=1S/C14H17N3O3S/c1-9-14(10(2)16-15-9)21(18,19)17-12-7-3-5-11-6-4-8-20-13(11)12/h3,5,7,17H,4,6,8H2,1-2H3,(H,15,16). The summed E-state index contributed by atoms with van der Waals surface area (Å²) in [6.45, 7) is 3.95. The minimum atomic E-state index is -3.69. The maximum Gasteiger partial charge on any atom is 0.265 e. The monoisotopic (exact) mass is 307 g/mol. The Kier molecular flexibility index (Phi) is 3.36. The topological polar surface area (TPSA) is 84.1 Å². The van der Waals surface area contributed by atoms with Gasteiger partial charge in [-0.05, 0) is 38.3 Å². The second-order valence-corrected chi connectivity index (χ2v) is 6.73. The van der Waals surface area contributed by atoms with Crippen LogP contribution in [0.25, 0.3) is 0 Å². The highest BCUT2D eigenvalue weighted by atomic mass is 32.2. The molecule has 1 aliphatic rings. The highest BCUT2D eigenvalue weighted by molar-refractivity contribution is 7.92. The number of aromatic amines is 1. The molecular weight excluding hydrogens is 290 g/mol. The average Bonchev–Trinajstić information content (AvgIpc) is 2.79. The maximum atomic E-state index is 12.6. The van der Waals surface area contributed by atoms with Gasteiger partial charge in [0.2, 0.25) is 0 Å². The van der Waals surface area contributed by atoms with E-state index in [9.17, 15) is 8.42 Å². The molecule has 0 fully saturated rings. The number of fused-ring (bicyclic) bond motifs is 1. The van der Waals surface area contributed by atoms with Crippen molar-refractivity contribution >= 4 is 15.7 Å². The highest BCUT2D eigenvalue weighted by Crippen LogP contribution is 2.34. The first-order valence-corrected chi connectivity index (χ1v) is 8.26. The van der Waals surface area contributed by atoms with Crippen LogP contribution in [0, 0.1) is 13.8 Å². The molecule has 0 aliphatic carbocycles. The summed E-state index contributed by atoms with van der Waals surface area (Å²) >= 11 is 0. The summed E-state index contributed by atoms with van der Waals surface area (Å²) in [6, 6.07) is 5.51. The number of sulfonamides is 1. The van der Waals surface area contributed by atoms with Gasteiger partial charge in [-0.25, -0.2) is 8.42 Å². The smallest absolute Gasteiger partial charge is 0.265 e. The zero-order valence-corrected chi connectivity index (χ0v) is 12.8. The van der Waals surface area contributed by atoms with Crippen molar-refractivity contribution in [1.29, 1.82) is 0 Å². The van der Waals surface area contributed by atoms with Gasteiger partial charge in [0.05, 0.1) is 23.7 Å². The molecule has 7 heteroatoms. The van der Waals surface area contributed by atoms with Crippen LogP contribution < -0.4 is 9.46 Å². The van der Waals surface area contributed by atoms with E-state index in [1.807, 2.05) is 12.1 Å². The van der Waals surface area contributed by atoms with Crippen molar-refractivity contribution in [2.24, 2.45) is 0 Å². The lowest BCUT2D eigenvalue weighted by Gasteiger charge is -2.20. The number of aryl methyl sites for hydroxylation is 3. The molecule has 0 unspecified atom stereocenters. The molecule has 0 saturated carbocycles. The average molecular weight is 307 g/mol. The van der Waals surface area contributed by atoms with Crippen molar-refractivity contribution in [3.63, 3.8) is 0 Å². The zero-order valence-electron chi connectivity index (χ0n) is 11.9. The summed E-state index contributed by atoms with van der Waals surface area (Å²) < 4.78 is 33.4. The lowest BCUT2D eigenvalue weighted by molar-refractivity contribution is 0.290. The molecule has 2 heterocycles. The van der Waals surface area contributed by atoms with E-state index < -0.39 is 10.0 Å². The van der Waals surface area contributed by atoms with Crippen LogP contribution in [-0.4, -0.2) is 25.2 Å². The second-order valence-electron chi connectivity index (χ2n) is 5.11. The predicted molar refractivity (Wildman–Crippen MR) is 79.1 cm³/mol. The first-order chi connectivity index (χ1) is 9.99. The molecule has 0 amide bonds. The summed E-state index contributed by atoms with van der Waals surface area (Å²) in [7, 11) is -3.69. The second kappa shape index (κ2) is 5.07. The third kappa shape index (κ3) is 2.49. The molecule has 3 rings (SSSR count). The van der Waals surface area contributed by atoms with Crippen LogP contribution in [-0.2, 0) is 16.4 Å². The van der Waals surface area contributed by atoms with Crippen molar-refractivity contribution in [3.8, 4) is 5.75 Å². The fourth-order valence-corrected chi connectivity index (χ4v) is 4.04. The molecule has 2 aromatic rings. The van der Waals surface area contributed by atoms with Crippen molar-refractivity contribution in [2.45, 2.75) is 31.6 Å². The van der Waals surface area contributed by atoms with Crippen LogP contribution in [0.15, 0.2) is 23.1 Å². The molecule has 1 aliphatic heterocycles. The number of nitrogens with one attached hydrogen (secondary N) is 2. The lowest BCUT2D eigenvalue weighted by Crippen LogP contribution is -2.17. The van der Waals surface area contributed by atoms with Gasteiger partial charge in [-0.2, -0.15) is 5.10 Å². The first-order valence-electron chi connectivity index (χ1n) is 6.78. The molecule has 0 atom stereocenters. The van der Waals surface area contributed by atoms with Gasteiger partial charge in [-0.1, -0.05) is 12.1 Å². The van der Waals surface area contributed by atoms with Gasteiger partial charge in [0.1, 0.15) is 10.6 Å². The summed E-state index contributed by atoms with van der Waals surface area (Å²) in [6.07, 6.45) is 1.85. The molecule has 0 radical (unpaired) electrons. The summed E-state index contributed by atoms with van der Waals surface area (Å²) in [4.78, 5) is 0.191. The van der Waals surface area contributed by atoms with Crippen molar-refractivity contribution in [2.75, 3.05) is 11.3 Å². The van der Waals surface area contributed by atoms with E-state index in [1.54, 1.807) is 19.9 Å². The SMILES string of the molecule is Cc1n[nH]c(C)c1S(=O)(=O)Nc1cccc2c1OCCC2. The van der Waals surface area contributed by atoms with Crippen LogP contribution in [0.4, 0.5) is 5.69 Å². The van der Waals surface area contributed by atoms with Crippen LogP contribution >= 0.6 is 0 Å². The van der Waals surface area contributed by atoms with E-state index in [2.05, 4.69) is 14.9 Å². The Hall–Kier alpha value is -2.02. The minimum Gasteiger partial charge on any atom is -0.491 e. The van der Waals surface area contributed by atoms with Gasteiger partial charge < -0.3 is 4.74 Å². The van der Waals surface area contributed by atoms with Gasteiger partial charge in [0, 0.05) is 0 Å². The summed E-state index contributed by atoms with van der Waals surface area (Å²) in [5, 5.41) is 6.63. The largest absolute Gasteiger partial charge is 0.491 e. The normalized spacial score (nSPS) is 14.4. The molecule has 21 heavy (non-hydrogen) atoms. The number of hydrogen-bond donors (Lipinski definition) is 2. The number of rotatable bonds is 3. The van der Waals surface area contributed by atoms with Gasteiger partial charge in [0.25, 0.3) is 10.0 Å². The van der Waals surface area contributed by atoms with Crippen LogP contribution in [0.2, 0.25) is 0 Å². The van der Waals surface area contributed by atoms with E-state index in [1.165, 1.54) is 0 Å². The number of benzene rings is 1. The molecule has 0 spiro atoms. The Balaban J connectivity index is 2.01. The number of anilines is 1. The molecule has 0 saturated heterocycles. The van der Waals surface area contributed by atoms with Gasteiger partial charge in [-0.15, -0.1) is 0 Å². The van der Waals surface area contributed by atoms with Crippen LogP contribution in [0.3, 0.4) is 0 Å². The molecule has 2 N–H and O–H groups in total. The van der Waals surface area contributed by atoms with E-state index in [0.29, 0.717) is 29.4 Å². The number of aromatic nitrogens is 2. The molecule has 0 bridgehead atoms. The number of ether oxygens (including phenoxy) is 1. The number of H-pyrrole nitrogens is 1. The van der Waals surface area contributed by atoms with Crippen LogP contribution in [0.5, 0.6) is 5.75 Å². The zero-order chi connectivity index (χ0) is 15.0. The van der Waals surface area contributed by atoms with Crippen molar-refractivity contribution < 1.29 is 13.2 Å². The number of nitrogens with zero attached hydrogens (tertiary/aromatic N) is 1. The van der Waals surface area contributed by atoms with E-state index >= 15 is 0 Å². The molecular formula is C14H17N3O3S. The Morgan fingerprint density at radius 3 is 2.86 bits per heavy atom. The number of para-hydroxylation sites is 1. The molecule has 6 nitrogen and oxygen atoms in total. The van der Waals surface area contributed by atoms with E-state index in [4.69, 9.17) is 4.74 Å². The lowest BCUT2D eigenvalue weighted by atomic mass is 10.1. The first kappa shape index (κ1) is 13.9. The van der Waals surface area contributed by atoms with Gasteiger partial charge >= 0.3 is 0 Å². The van der Waals surface area contributed by atoms with Crippen molar-refractivity contribution in [1.82, 2.24) is 10.2 Å². The van der Waals surface area contributed by atoms with E-state index in [-0.39, 0.29) is 4.90 Å². The summed E-state index contributed by atoms with van der Waals surface area (Å²) in [5.41, 5.74) is 2.48. The fraction of sp³-hybridized carbons (Fsp3) is 0.357. The minimum absolute atomic E-state index is 0.191. The Morgan fingerprint density at radius 1 is 1.33 bits per heavy atom. The third-order valence-electron chi connectivity index (χ3n) is 3.51. The third-order valence-corrected chi connectivity index (χ3v) is 5.13. The number of hydrogen-bond acceptors (Lipinski definition) is 4. The fourth-order valence-electron chi connectivity index (χ4n) is 2.60. The Bertz CT molecular complexity index is 761. The highest BCUT2D eigenvalue weighted by Gasteiger charge is 2.24. The van der Waals surface area contributed by atoms with Crippen LogP contribution in [0.1, 0.15) is 23.4 Å². The van der Waals surface area contributed by atoms with Crippen molar-refractivity contribution in [3.05, 3.63) is 35.2 Å². The quantitative estimate of drug-likeness (QED) is 0.910. The Labute approximate surface area is 123 Å². The molecule has 112 valence electrons. The van der Waals surface area contributed by atoms with Gasteiger partial charge in [0.15, 0.2) is 0 Å². The maximum absolute atomic E-state index is 12.6.